The fraction of sp³-hybridized carbons (Fsp3) is 0.786. The van der Waals surface area contributed by atoms with Crippen molar-refractivity contribution in [2.45, 2.75) is 63.7 Å². The lowest BCUT2D eigenvalue weighted by molar-refractivity contribution is -0.119. The maximum Gasteiger partial charge on any atom is 0.343 e. The van der Waals surface area contributed by atoms with Crippen molar-refractivity contribution in [2.75, 3.05) is 5.75 Å². The normalized spacial score (nSPS) is 22.2. The predicted molar refractivity (Wildman–Crippen MR) is 83.4 cm³/mol. The van der Waals surface area contributed by atoms with Crippen molar-refractivity contribution >= 4 is 17.7 Å². The van der Waals surface area contributed by atoms with Gasteiger partial charge in [-0.25, -0.2) is 9.89 Å². The molecule has 1 aromatic rings. The SMILES string of the molecule is CCCn1c(SCC(=O)N[C@H]2CCCC[C@@H]2C)n[nH]c1=O. The zero-order valence-corrected chi connectivity index (χ0v) is 13.5. The molecule has 1 amide bonds. The highest BCUT2D eigenvalue weighted by Gasteiger charge is 2.23. The van der Waals surface area contributed by atoms with Crippen LogP contribution in [0.1, 0.15) is 46.0 Å². The van der Waals surface area contributed by atoms with Gasteiger partial charge < -0.3 is 5.32 Å². The Hall–Kier alpha value is -1.24. The minimum Gasteiger partial charge on any atom is -0.352 e. The predicted octanol–water partition coefficient (Wildman–Crippen LogP) is 1.77. The van der Waals surface area contributed by atoms with Crippen molar-refractivity contribution in [1.82, 2.24) is 20.1 Å². The van der Waals surface area contributed by atoms with Crippen LogP contribution in [0, 0.1) is 5.92 Å². The van der Waals surface area contributed by atoms with E-state index in [9.17, 15) is 9.59 Å². The molecule has 1 aliphatic rings. The molecule has 1 aromatic heterocycles. The van der Waals surface area contributed by atoms with Crippen molar-refractivity contribution < 1.29 is 4.79 Å². The number of thioether (sulfide) groups is 1. The molecular formula is C14H24N4O2S. The Labute approximate surface area is 129 Å². The van der Waals surface area contributed by atoms with E-state index in [2.05, 4.69) is 22.4 Å². The minimum atomic E-state index is -0.208. The van der Waals surface area contributed by atoms with Crippen molar-refractivity contribution in [1.29, 1.82) is 0 Å². The van der Waals surface area contributed by atoms with Gasteiger partial charge in [0.1, 0.15) is 0 Å². The summed E-state index contributed by atoms with van der Waals surface area (Å²) in [7, 11) is 0. The largest absolute Gasteiger partial charge is 0.352 e. The molecule has 0 saturated heterocycles. The molecule has 0 bridgehead atoms. The number of hydrogen-bond donors (Lipinski definition) is 2. The fourth-order valence-corrected chi connectivity index (χ4v) is 3.53. The van der Waals surface area contributed by atoms with Crippen molar-refractivity contribution in [2.24, 2.45) is 5.92 Å². The standard InChI is InChI=1S/C14H24N4O2S/c1-3-8-18-13(20)16-17-14(18)21-9-12(19)15-11-7-5-4-6-10(11)2/h10-11H,3-9H2,1-2H3,(H,15,19)(H,16,20)/t10-,11-/m0/s1. The minimum absolute atomic E-state index is 0.0252. The van der Waals surface area contributed by atoms with Gasteiger partial charge in [0.25, 0.3) is 0 Å². The maximum atomic E-state index is 12.0. The first kappa shape index (κ1) is 16.1. The summed E-state index contributed by atoms with van der Waals surface area (Å²) >= 11 is 1.31. The molecule has 118 valence electrons. The summed E-state index contributed by atoms with van der Waals surface area (Å²) < 4.78 is 1.58. The Kier molecular flexibility index (Phi) is 5.90. The van der Waals surface area contributed by atoms with E-state index in [1.165, 1.54) is 31.0 Å². The average molecular weight is 312 g/mol. The number of amides is 1. The van der Waals surface area contributed by atoms with Gasteiger partial charge in [0.05, 0.1) is 5.75 Å². The Bertz CT molecular complexity index is 525. The molecule has 7 heteroatoms. The van der Waals surface area contributed by atoms with E-state index in [0.29, 0.717) is 29.4 Å². The number of hydrogen-bond acceptors (Lipinski definition) is 4. The second-order valence-corrected chi connectivity index (χ2v) is 6.63. The highest BCUT2D eigenvalue weighted by Crippen LogP contribution is 2.24. The molecule has 1 heterocycles. The van der Waals surface area contributed by atoms with Crippen LogP contribution >= 0.6 is 11.8 Å². The van der Waals surface area contributed by atoms with Gasteiger partial charge in [-0.2, -0.15) is 0 Å². The van der Waals surface area contributed by atoms with Crippen LogP contribution < -0.4 is 11.0 Å². The fourth-order valence-electron chi connectivity index (χ4n) is 2.74. The highest BCUT2D eigenvalue weighted by atomic mass is 32.2. The van der Waals surface area contributed by atoms with E-state index >= 15 is 0 Å². The number of aromatic amines is 1. The van der Waals surface area contributed by atoms with E-state index < -0.39 is 0 Å². The van der Waals surface area contributed by atoms with Crippen molar-refractivity contribution in [3.8, 4) is 0 Å². The van der Waals surface area contributed by atoms with Crippen LogP contribution in [0.25, 0.3) is 0 Å². The van der Waals surface area contributed by atoms with Gasteiger partial charge in [-0.1, -0.05) is 38.5 Å². The highest BCUT2D eigenvalue weighted by molar-refractivity contribution is 7.99. The van der Waals surface area contributed by atoms with Gasteiger partial charge in [0, 0.05) is 12.6 Å². The summed E-state index contributed by atoms with van der Waals surface area (Å²) in [5, 5.41) is 10.1. The van der Waals surface area contributed by atoms with E-state index in [4.69, 9.17) is 0 Å². The molecule has 0 unspecified atom stereocenters. The van der Waals surface area contributed by atoms with Gasteiger partial charge in [-0.05, 0) is 25.2 Å². The molecule has 0 aliphatic heterocycles. The van der Waals surface area contributed by atoms with Crippen LogP contribution in [0.5, 0.6) is 0 Å². The number of rotatable bonds is 6. The molecule has 1 aliphatic carbocycles. The van der Waals surface area contributed by atoms with Crippen LogP contribution in [0.15, 0.2) is 9.95 Å². The van der Waals surface area contributed by atoms with Crippen LogP contribution in [-0.2, 0) is 11.3 Å². The second-order valence-electron chi connectivity index (χ2n) is 5.69. The zero-order chi connectivity index (χ0) is 15.2. The Morgan fingerprint density at radius 3 is 2.95 bits per heavy atom. The van der Waals surface area contributed by atoms with Gasteiger partial charge >= 0.3 is 5.69 Å². The first-order chi connectivity index (χ1) is 10.1. The summed E-state index contributed by atoms with van der Waals surface area (Å²) in [5.74, 6) is 0.880. The molecule has 21 heavy (non-hydrogen) atoms. The second kappa shape index (κ2) is 7.68. The van der Waals surface area contributed by atoms with Crippen LogP contribution in [0.2, 0.25) is 0 Å². The first-order valence-electron chi connectivity index (χ1n) is 7.69. The zero-order valence-electron chi connectivity index (χ0n) is 12.7. The van der Waals surface area contributed by atoms with Crippen molar-refractivity contribution in [3.63, 3.8) is 0 Å². The number of carbonyl (C=O) groups is 1. The van der Waals surface area contributed by atoms with E-state index in [-0.39, 0.29) is 11.6 Å². The summed E-state index contributed by atoms with van der Waals surface area (Å²) in [6.45, 7) is 4.83. The third-order valence-corrected chi connectivity index (χ3v) is 4.94. The summed E-state index contributed by atoms with van der Waals surface area (Å²) in [4.78, 5) is 23.6. The Balaban J connectivity index is 1.85. The maximum absolute atomic E-state index is 12.0. The number of H-pyrrole nitrogens is 1. The topological polar surface area (TPSA) is 79.8 Å². The molecule has 2 rings (SSSR count). The first-order valence-corrected chi connectivity index (χ1v) is 8.67. The number of aromatic nitrogens is 3. The van der Waals surface area contributed by atoms with Gasteiger partial charge in [0.2, 0.25) is 5.91 Å². The third kappa shape index (κ3) is 4.36. The monoisotopic (exact) mass is 312 g/mol. The quantitative estimate of drug-likeness (QED) is 0.785. The van der Waals surface area contributed by atoms with E-state index in [1.54, 1.807) is 4.57 Å². The summed E-state index contributed by atoms with van der Waals surface area (Å²) in [5.41, 5.74) is -0.208. The Morgan fingerprint density at radius 2 is 2.24 bits per heavy atom. The lowest BCUT2D eigenvalue weighted by Crippen LogP contribution is -2.41. The van der Waals surface area contributed by atoms with Gasteiger partial charge in [0.15, 0.2) is 5.16 Å². The van der Waals surface area contributed by atoms with Crippen LogP contribution in [0.4, 0.5) is 0 Å². The molecule has 0 radical (unpaired) electrons. The molecule has 2 N–H and O–H groups in total. The van der Waals surface area contributed by atoms with E-state index in [1.807, 2.05) is 6.92 Å². The summed E-state index contributed by atoms with van der Waals surface area (Å²) in [6, 6.07) is 0.295. The molecule has 0 spiro atoms. The number of carbonyl (C=O) groups excluding carboxylic acids is 1. The summed E-state index contributed by atoms with van der Waals surface area (Å²) in [6.07, 6.45) is 5.57. The molecule has 1 fully saturated rings. The third-order valence-electron chi connectivity index (χ3n) is 3.96. The Morgan fingerprint density at radius 1 is 1.48 bits per heavy atom. The van der Waals surface area contributed by atoms with Crippen LogP contribution in [-0.4, -0.2) is 32.5 Å². The van der Waals surface area contributed by atoms with Gasteiger partial charge in [-0.3, -0.25) is 9.36 Å². The number of nitrogens with one attached hydrogen (secondary N) is 2. The molecule has 0 aromatic carbocycles. The van der Waals surface area contributed by atoms with E-state index in [0.717, 1.165) is 12.8 Å². The van der Waals surface area contributed by atoms with Crippen molar-refractivity contribution in [3.05, 3.63) is 10.5 Å². The average Bonchev–Trinajstić information content (AvgIpc) is 2.81. The lowest BCUT2D eigenvalue weighted by Gasteiger charge is -2.29. The molecular weight excluding hydrogens is 288 g/mol. The smallest absolute Gasteiger partial charge is 0.343 e. The molecule has 2 atom stereocenters. The lowest BCUT2D eigenvalue weighted by atomic mass is 9.86. The van der Waals surface area contributed by atoms with Crippen LogP contribution in [0.3, 0.4) is 0 Å². The molecule has 6 nitrogen and oxygen atoms in total. The number of nitrogens with zero attached hydrogens (tertiary/aromatic N) is 2. The molecule has 1 saturated carbocycles. The van der Waals surface area contributed by atoms with Gasteiger partial charge in [-0.15, -0.1) is 5.10 Å².